The number of carbonyl (C=O) groups excluding carboxylic acids is 2. The lowest BCUT2D eigenvalue weighted by atomic mass is 9.88. The van der Waals surface area contributed by atoms with Crippen LogP contribution >= 0.6 is 0 Å². The van der Waals surface area contributed by atoms with Gasteiger partial charge in [0.1, 0.15) is 5.75 Å². The van der Waals surface area contributed by atoms with E-state index in [0.717, 1.165) is 43.4 Å². The molecule has 0 heterocycles. The molecule has 1 aromatic carbocycles. The third kappa shape index (κ3) is 4.14. The molecular weight excluding hydrogens is 316 g/mol. The highest BCUT2D eigenvalue weighted by atomic mass is 16.5. The van der Waals surface area contributed by atoms with Gasteiger partial charge in [-0.3, -0.25) is 9.59 Å². The molecule has 0 saturated heterocycles. The average molecular weight is 344 g/mol. The van der Waals surface area contributed by atoms with Crippen molar-refractivity contribution in [3.63, 3.8) is 0 Å². The minimum atomic E-state index is -0.279. The zero-order valence-corrected chi connectivity index (χ0v) is 15.1. The lowest BCUT2D eigenvalue weighted by molar-refractivity contribution is -0.124. The molecule has 0 radical (unpaired) electrons. The molecule has 5 heteroatoms. The van der Waals surface area contributed by atoms with E-state index in [1.807, 2.05) is 24.3 Å². The molecule has 1 aromatic rings. The van der Waals surface area contributed by atoms with E-state index < -0.39 is 0 Å². The first-order valence-electron chi connectivity index (χ1n) is 9.27. The van der Waals surface area contributed by atoms with Crippen molar-refractivity contribution in [2.24, 2.45) is 11.8 Å². The van der Waals surface area contributed by atoms with Crippen LogP contribution in [0.3, 0.4) is 0 Å². The zero-order chi connectivity index (χ0) is 17.9. The molecule has 0 spiro atoms. The number of amides is 2. The number of nitrogens with one attached hydrogen (secondary N) is 2. The normalized spacial score (nSPS) is 23.8. The van der Waals surface area contributed by atoms with Crippen molar-refractivity contribution in [2.45, 2.75) is 51.0 Å². The maximum absolute atomic E-state index is 12.4. The van der Waals surface area contributed by atoms with Gasteiger partial charge in [-0.15, -0.1) is 0 Å². The summed E-state index contributed by atoms with van der Waals surface area (Å²) >= 11 is 0. The van der Waals surface area contributed by atoms with Crippen LogP contribution in [0.4, 0.5) is 0 Å². The molecular formula is C20H28N2O3. The predicted octanol–water partition coefficient (Wildman–Crippen LogP) is 2.74. The van der Waals surface area contributed by atoms with Gasteiger partial charge >= 0.3 is 0 Å². The van der Waals surface area contributed by atoms with Gasteiger partial charge in [0, 0.05) is 18.9 Å². The Balaban J connectivity index is 1.55. The lowest BCUT2D eigenvalue weighted by Gasteiger charge is -2.31. The summed E-state index contributed by atoms with van der Waals surface area (Å²) < 4.78 is 5.23. The van der Waals surface area contributed by atoms with Crippen molar-refractivity contribution >= 4 is 11.8 Å². The Morgan fingerprint density at radius 3 is 2.40 bits per heavy atom. The second kappa shape index (κ2) is 7.46. The van der Waals surface area contributed by atoms with E-state index in [-0.39, 0.29) is 23.3 Å². The third-order valence-electron chi connectivity index (χ3n) is 5.58. The zero-order valence-electron chi connectivity index (χ0n) is 15.1. The molecule has 2 atom stereocenters. The molecule has 2 aliphatic carbocycles. The Morgan fingerprint density at radius 2 is 1.84 bits per heavy atom. The molecule has 136 valence electrons. The van der Waals surface area contributed by atoms with Gasteiger partial charge in [-0.2, -0.15) is 0 Å². The first-order valence-corrected chi connectivity index (χ1v) is 9.27. The molecule has 0 bridgehead atoms. The van der Waals surface area contributed by atoms with Crippen molar-refractivity contribution in [3.05, 3.63) is 29.8 Å². The fourth-order valence-electron chi connectivity index (χ4n) is 3.82. The largest absolute Gasteiger partial charge is 0.497 e. The number of hydrogen-bond donors (Lipinski definition) is 2. The number of carbonyl (C=O) groups is 2. The number of rotatable bonds is 7. The second-order valence-electron chi connectivity index (χ2n) is 7.43. The van der Waals surface area contributed by atoms with Crippen LogP contribution in [0.1, 0.15) is 51.0 Å². The van der Waals surface area contributed by atoms with Crippen molar-refractivity contribution in [2.75, 3.05) is 13.7 Å². The quantitative estimate of drug-likeness (QED) is 0.799. The van der Waals surface area contributed by atoms with E-state index in [0.29, 0.717) is 18.9 Å². The van der Waals surface area contributed by atoms with Crippen molar-refractivity contribution in [3.8, 4) is 5.75 Å². The lowest BCUT2D eigenvalue weighted by Crippen LogP contribution is -2.44. The summed E-state index contributed by atoms with van der Waals surface area (Å²) in [6.45, 7) is 2.49. The summed E-state index contributed by atoms with van der Waals surface area (Å²) in [5.74, 6) is 1.56. The van der Waals surface area contributed by atoms with Gasteiger partial charge in [0.2, 0.25) is 11.8 Å². The summed E-state index contributed by atoms with van der Waals surface area (Å²) in [7, 11) is 1.65. The maximum Gasteiger partial charge on any atom is 0.223 e. The summed E-state index contributed by atoms with van der Waals surface area (Å²) in [5.41, 5.74) is 0.855. The standard InChI is InChI=1S/C20H28N2O3/c1-14-13-17(14)19(24)21-12-9-18(23)22-20(10-3-4-11-20)15-5-7-16(25-2)8-6-15/h5-8,14,17H,3-4,9-13H2,1-2H3,(H,21,24)(H,22,23)/t14-,17+/m1/s1. The molecule has 0 aromatic heterocycles. The van der Waals surface area contributed by atoms with Gasteiger partial charge in [-0.25, -0.2) is 0 Å². The van der Waals surface area contributed by atoms with Gasteiger partial charge in [0.15, 0.2) is 0 Å². The molecule has 3 rings (SSSR count). The van der Waals surface area contributed by atoms with Crippen LogP contribution in [0.2, 0.25) is 0 Å². The van der Waals surface area contributed by atoms with Crippen LogP contribution in [0, 0.1) is 11.8 Å². The fourth-order valence-corrected chi connectivity index (χ4v) is 3.82. The monoisotopic (exact) mass is 344 g/mol. The molecule has 25 heavy (non-hydrogen) atoms. The molecule has 2 saturated carbocycles. The fraction of sp³-hybridized carbons (Fsp3) is 0.600. The molecule has 2 N–H and O–H groups in total. The van der Waals surface area contributed by atoms with Crippen LogP contribution in [-0.4, -0.2) is 25.5 Å². The maximum atomic E-state index is 12.4. The highest BCUT2D eigenvalue weighted by Crippen LogP contribution is 2.39. The van der Waals surface area contributed by atoms with Gasteiger partial charge in [0.05, 0.1) is 12.6 Å². The van der Waals surface area contributed by atoms with E-state index in [1.165, 1.54) is 0 Å². The Hall–Kier alpha value is -2.04. The number of benzene rings is 1. The minimum Gasteiger partial charge on any atom is -0.497 e. The summed E-state index contributed by atoms with van der Waals surface area (Å²) in [6.07, 6.45) is 5.43. The summed E-state index contributed by atoms with van der Waals surface area (Å²) in [4.78, 5) is 24.3. The molecule has 5 nitrogen and oxygen atoms in total. The highest BCUT2D eigenvalue weighted by molar-refractivity contribution is 5.82. The molecule has 2 amide bonds. The second-order valence-corrected chi connectivity index (χ2v) is 7.43. The first-order chi connectivity index (χ1) is 12.0. The summed E-state index contributed by atoms with van der Waals surface area (Å²) in [6, 6.07) is 7.97. The van der Waals surface area contributed by atoms with Crippen LogP contribution < -0.4 is 15.4 Å². The predicted molar refractivity (Wildman–Crippen MR) is 96.2 cm³/mol. The third-order valence-corrected chi connectivity index (χ3v) is 5.58. The smallest absolute Gasteiger partial charge is 0.223 e. The summed E-state index contributed by atoms with van der Waals surface area (Å²) in [5, 5.41) is 6.12. The van der Waals surface area contributed by atoms with Crippen LogP contribution in [-0.2, 0) is 15.1 Å². The minimum absolute atomic E-state index is 0.00173. The van der Waals surface area contributed by atoms with E-state index in [9.17, 15) is 9.59 Å². The van der Waals surface area contributed by atoms with E-state index in [4.69, 9.17) is 4.74 Å². The number of methoxy groups -OCH3 is 1. The SMILES string of the molecule is COc1ccc(C2(NC(=O)CCNC(=O)[C@H]3C[C@H]3C)CCCC2)cc1. The Bertz CT molecular complexity index is 620. The van der Waals surface area contributed by atoms with Crippen molar-refractivity contribution in [1.29, 1.82) is 0 Å². The Labute approximate surface area is 149 Å². The van der Waals surface area contributed by atoms with Crippen molar-refractivity contribution < 1.29 is 14.3 Å². The van der Waals surface area contributed by atoms with Crippen molar-refractivity contribution in [1.82, 2.24) is 10.6 Å². The van der Waals surface area contributed by atoms with E-state index in [1.54, 1.807) is 7.11 Å². The van der Waals surface area contributed by atoms with Crippen LogP contribution in [0.25, 0.3) is 0 Å². The van der Waals surface area contributed by atoms with Gasteiger partial charge in [0.25, 0.3) is 0 Å². The van der Waals surface area contributed by atoms with Gasteiger partial charge < -0.3 is 15.4 Å². The van der Waals surface area contributed by atoms with Gasteiger partial charge in [-0.05, 0) is 42.9 Å². The topological polar surface area (TPSA) is 67.4 Å². The van der Waals surface area contributed by atoms with Crippen LogP contribution in [0.15, 0.2) is 24.3 Å². The molecule has 0 unspecified atom stereocenters. The molecule has 2 fully saturated rings. The van der Waals surface area contributed by atoms with E-state index >= 15 is 0 Å². The molecule has 2 aliphatic rings. The number of hydrogen-bond acceptors (Lipinski definition) is 3. The average Bonchev–Trinajstić information content (AvgIpc) is 3.16. The Kier molecular flexibility index (Phi) is 5.30. The van der Waals surface area contributed by atoms with Gasteiger partial charge in [-0.1, -0.05) is 31.9 Å². The Morgan fingerprint density at radius 1 is 1.20 bits per heavy atom. The first kappa shape index (κ1) is 17.8. The highest BCUT2D eigenvalue weighted by Gasteiger charge is 2.39. The number of ether oxygens (including phenoxy) is 1. The van der Waals surface area contributed by atoms with E-state index in [2.05, 4.69) is 17.6 Å². The van der Waals surface area contributed by atoms with Crippen LogP contribution in [0.5, 0.6) is 5.75 Å². The molecule has 0 aliphatic heterocycles.